The minimum atomic E-state index is -0.157. The van der Waals surface area contributed by atoms with Gasteiger partial charge in [0.1, 0.15) is 6.04 Å². The van der Waals surface area contributed by atoms with Crippen molar-refractivity contribution in [2.24, 2.45) is 0 Å². The van der Waals surface area contributed by atoms with Gasteiger partial charge in [0.05, 0.1) is 7.11 Å². The smallest absolute Gasteiger partial charge is 0.323 e. The lowest BCUT2D eigenvalue weighted by Crippen LogP contribution is -2.51. The van der Waals surface area contributed by atoms with Crippen molar-refractivity contribution in [2.75, 3.05) is 32.2 Å². The summed E-state index contributed by atoms with van der Waals surface area (Å²) in [4.78, 5) is 14.8. The molecule has 5 heteroatoms. The van der Waals surface area contributed by atoms with Crippen molar-refractivity contribution in [1.29, 1.82) is 0 Å². The van der Waals surface area contributed by atoms with Gasteiger partial charge in [-0.1, -0.05) is 30.3 Å². The van der Waals surface area contributed by atoms with Crippen LogP contribution >= 0.6 is 11.8 Å². The molecule has 1 heterocycles. The van der Waals surface area contributed by atoms with Crippen molar-refractivity contribution in [3.05, 3.63) is 35.9 Å². The molecule has 1 fully saturated rings. The van der Waals surface area contributed by atoms with Crippen LogP contribution in [0.1, 0.15) is 24.8 Å². The van der Waals surface area contributed by atoms with E-state index in [1.165, 1.54) is 12.7 Å². The van der Waals surface area contributed by atoms with Gasteiger partial charge in [0.15, 0.2) is 0 Å². The van der Waals surface area contributed by atoms with E-state index in [2.05, 4.69) is 40.7 Å². The fourth-order valence-electron chi connectivity index (χ4n) is 3.21. The van der Waals surface area contributed by atoms with Crippen molar-refractivity contribution in [1.82, 2.24) is 10.2 Å². The van der Waals surface area contributed by atoms with Crippen molar-refractivity contribution < 1.29 is 9.53 Å². The Hall–Kier alpha value is -1.04. The van der Waals surface area contributed by atoms with E-state index in [4.69, 9.17) is 4.74 Å². The molecule has 0 bridgehead atoms. The predicted octanol–water partition coefficient (Wildman–Crippen LogP) is 2.54. The summed E-state index contributed by atoms with van der Waals surface area (Å²) in [6.45, 7) is 2.85. The molecule has 1 N–H and O–H groups in total. The first kappa shape index (κ1) is 18.3. The van der Waals surface area contributed by atoms with Gasteiger partial charge in [-0.15, -0.1) is 0 Å². The van der Waals surface area contributed by atoms with Crippen LogP contribution in [0.4, 0.5) is 0 Å². The van der Waals surface area contributed by atoms with Gasteiger partial charge in [-0.05, 0) is 49.9 Å². The first-order chi connectivity index (χ1) is 11.3. The fraction of sp³-hybridized carbons (Fsp3) is 0.611. The minimum absolute atomic E-state index is 0.103. The standard InChI is InChI=1S/C18H28N2O2S/c1-22-18(21)17(10-13-23-2)20(16-8-11-19-12-9-16)14-15-6-4-3-5-7-15/h3-7,16-17,19H,8-14H2,1-2H3/t17-/m0/s1. The largest absolute Gasteiger partial charge is 0.468 e. The zero-order valence-corrected chi connectivity index (χ0v) is 15.0. The number of methoxy groups -OCH3 is 1. The summed E-state index contributed by atoms with van der Waals surface area (Å²) in [5.74, 6) is 0.865. The number of hydrogen-bond donors (Lipinski definition) is 1. The number of hydrogen-bond acceptors (Lipinski definition) is 5. The Kier molecular flexibility index (Phi) is 7.92. The first-order valence-corrected chi connectivity index (χ1v) is 9.72. The molecule has 128 valence electrons. The Labute approximate surface area is 144 Å². The summed E-state index contributed by atoms with van der Waals surface area (Å²) in [6.07, 6.45) is 5.09. The third kappa shape index (κ3) is 5.52. The van der Waals surface area contributed by atoms with Crippen LogP contribution in [0.5, 0.6) is 0 Å². The molecule has 0 aliphatic carbocycles. The number of carbonyl (C=O) groups is 1. The number of nitrogens with one attached hydrogen (secondary N) is 1. The average Bonchev–Trinajstić information content (AvgIpc) is 2.62. The van der Waals surface area contributed by atoms with Gasteiger partial charge < -0.3 is 10.1 Å². The molecule has 1 aromatic rings. The van der Waals surface area contributed by atoms with Crippen LogP contribution < -0.4 is 5.32 Å². The van der Waals surface area contributed by atoms with Crippen LogP contribution in [0.15, 0.2) is 30.3 Å². The number of rotatable bonds is 8. The van der Waals surface area contributed by atoms with E-state index >= 15 is 0 Å². The lowest BCUT2D eigenvalue weighted by atomic mass is 10.00. The van der Waals surface area contributed by atoms with Crippen molar-refractivity contribution in [3.63, 3.8) is 0 Å². The minimum Gasteiger partial charge on any atom is -0.468 e. The summed E-state index contributed by atoms with van der Waals surface area (Å²) in [5, 5.41) is 3.41. The van der Waals surface area contributed by atoms with Crippen LogP contribution in [-0.2, 0) is 16.1 Å². The molecule has 0 amide bonds. The Bertz CT molecular complexity index is 463. The fourth-order valence-corrected chi connectivity index (χ4v) is 3.67. The molecule has 0 unspecified atom stereocenters. The molecule has 0 radical (unpaired) electrons. The van der Waals surface area contributed by atoms with Gasteiger partial charge in [0.2, 0.25) is 0 Å². The van der Waals surface area contributed by atoms with Crippen molar-refractivity contribution >= 4 is 17.7 Å². The van der Waals surface area contributed by atoms with E-state index in [-0.39, 0.29) is 12.0 Å². The number of piperidine rings is 1. The van der Waals surface area contributed by atoms with Gasteiger partial charge in [-0.3, -0.25) is 9.69 Å². The third-order valence-corrected chi connectivity index (χ3v) is 5.10. The molecular weight excluding hydrogens is 308 g/mol. The van der Waals surface area contributed by atoms with Gasteiger partial charge in [-0.25, -0.2) is 0 Å². The van der Waals surface area contributed by atoms with Gasteiger partial charge in [-0.2, -0.15) is 11.8 Å². The van der Waals surface area contributed by atoms with Gasteiger partial charge >= 0.3 is 5.97 Å². The highest BCUT2D eigenvalue weighted by molar-refractivity contribution is 7.98. The Morgan fingerprint density at radius 1 is 1.35 bits per heavy atom. The van der Waals surface area contributed by atoms with Crippen LogP contribution in [0, 0.1) is 0 Å². The highest BCUT2D eigenvalue weighted by Crippen LogP contribution is 2.22. The SMILES string of the molecule is COC(=O)[C@H](CCSC)N(Cc1ccccc1)C1CCNCC1. The summed E-state index contributed by atoms with van der Waals surface area (Å²) in [6, 6.07) is 10.7. The van der Waals surface area contributed by atoms with E-state index in [0.717, 1.165) is 44.6 Å². The normalized spacial score (nSPS) is 17.2. The average molecular weight is 337 g/mol. The van der Waals surface area contributed by atoms with Gasteiger partial charge in [0.25, 0.3) is 0 Å². The molecule has 0 saturated carbocycles. The summed E-state index contributed by atoms with van der Waals surface area (Å²) < 4.78 is 5.11. The molecule has 0 spiro atoms. The second-order valence-electron chi connectivity index (χ2n) is 5.96. The van der Waals surface area contributed by atoms with E-state index in [1.54, 1.807) is 11.8 Å². The summed E-state index contributed by atoms with van der Waals surface area (Å²) >= 11 is 1.78. The zero-order chi connectivity index (χ0) is 16.5. The molecule has 1 aromatic carbocycles. The van der Waals surface area contributed by atoms with Crippen LogP contribution in [-0.4, -0.2) is 55.2 Å². The molecule has 1 aliphatic rings. The highest BCUT2D eigenvalue weighted by atomic mass is 32.2. The maximum Gasteiger partial charge on any atom is 0.323 e. The molecule has 4 nitrogen and oxygen atoms in total. The second-order valence-corrected chi connectivity index (χ2v) is 6.95. The van der Waals surface area contributed by atoms with Crippen LogP contribution in [0.25, 0.3) is 0 Å². The number of thioether (sulfide) groups is 1. The van der Waals surface area contributed by atoms with Crippen molar-refractivity contribution in [3.8, 4) is 0 Å². The molecule has 1 aliphatic heterocycles. The lowest BCUT2D eigenvalue weighted by molar-refractivity contribution is -0.148. The quantitative estimate of drug-likeness (QED) is 0.739. The number of esters is 1. The molecule has 23 heavy (non-hydrogen) atoms. The Morgan fingerprint density at radius 3 is 2.65 bits per heavy atom. The Balaban J connectivity index is 2.19. The molecule has 0 aromatic heterocycles. The lowest BCUT2D eigenvalue weighted by Gasteiger charge is -2.39. The molecular formula is C18H28N2O2S. The molecule has 1 atom stereocenters. The van der Waals surface area contributed by atoms with E-state index in [0.29, 0.717) is 6.04 Å². The monoisotopic (exact) mass is 336 g/mol. The summed E-state index contributed by atoms with van der Waals surface area (Å²) in [7, 11) is 1.50. The van der Waals surface area contributed by atoms with Crippen LogP contribution in [0.2, 0.25) is 0 Å². The first-order valence-electron chi connectivity index (χ1n) is 8.33. The van der Waals surface area contributed by atoms with E-state index in [1.807, 2.05) is 6.07 Å². The number of ether oxygens (including phenoxy) is 1. The maximum atomic E-state index is 12.4. The maximum absolute atomic E-state index is 12.4. The predicted molar refractivity (Wildman–Crippen MR) is 96.7 cm³/mol. The highest BCUT2D eigenvalue weighted by Gasteiger charge is 2.32. The second kappa shape index (κ2) is 9.96. The number of benzene rings is 1. The summed E-state index contributed by atoms with van der Waals surface area (Å²) in [5.41, 5.74) is 1.25. The molecule has 2 rings (SSSR count). The van der Waals surface area contributed by atoms with Crippen molar-refractivity contribution in [2.45, 2.75) is 37.9 Å². The zero-order valence-electron chi connectivity index (χ0n) is 14.2. The van der Waals surface area contributed by atoms with E-state index in [9.17, 15) is 4.79 Å². The molecule has 1 saturated heterocycles. The van der Waals surface area contributed by atoms with E-state index < -0.39 is 0 Å². The van der Waals surface area contributed by atoms with Gasteiger partial charge in [0, 0.05) is 12.6 Å². The Morgan fingerprint density at radius 2 is 2.04 bits per heavy atom. The topological polar surface area (TPSA) is 41.6 Å². The third-order valence-electron chi connectivity index (χ3n) is 4.45. The van der Waals surface area contributed by atoms with Crippen LogP contribution in [0.3, 0.4) is 0 Å². The number of nitrogens with zero attached hydrogens (tertiary/aromatic N) is 1. The number of carbonyl (C=O) groups excluding carboxylic acids is 1.